The molecule has 2 amide bonds. The predicted molar refractivity (Wildman–Crippen MR) is 124 cm³/mol. The highest BCUT2D eigenvalue weighted by atomic mass is 16.5. The maximum Gasteiger partial charge on any atom is 0.291 e. The van der Waals surface area contributed by atoms with Gasteiger partial charge in [-0.2, -0.15) is 0 Å². The van der Waals surface area contributed by atoms with E-state index in [1.54, 1.807) is 36.3 Å². The Morgan fingerprint density at radius 1 is 1.22 bits per heavy atom. The van der Waals surface area contributed by atoms with E-state index in [2.05, 4.69) is 19.2 Å². The lowest BCUT2D eigenvalue weighted by Crippen LogP contribution is -2.43. The normalized spacial score (nSPS) is 15.3. The van der Waals surface area contributed by atoms with Crippen molar-refractivity contribution in [1.82, 2.24) is 0 Å². The van der Waals surface area contributed by atoms with Gasteiger partial charge in [0.05, 0.1) is 18.2 Å². The molecule has 0 atom stereocenters. The van der Waals surface area contributed by atoms with E-state index < -0.39 is 5.41 Å². The Balaban J connectivity index is 1.62. The van der Waals surface area contributed by atoms with Crippen LogP contribution in [0.15, 0.2) is 46.9 Å². The molecule has 0 aliphatic carbocycles. The van der Waals surface area contributed by atoms with Crippen LogP contribution < -0.4 is 19.7 Å². The van der Waals surface area contributed by atoms with Gasteiger partial charge in [-0.15, -0.1) is 0 Å². The van der Waals surface area contributed by atoms with Crippen LogP contribution >= 0.6 is 0 Å². The Labute approximate surface area is 187 Å². The van der Waals surface area contributed by atoms with E-state index in [1.807, 2.05) is 32.0 Å². The first-order chi connectivity index (χ1) is 15.2. The summed E-state index contributed by atoms with van der Waals surface area (Å²) in [7, 11) is 1.56. The number of amides is 2. The minimum atomic E-state index is -0.648. The van der Waals surface area contributed by atoms with E-state index in [1.165, 1.54) is 0 Å². The van der Waals surface area contributed by atoms with Crippen LogP contribution in [0.5, 0.6) is 11.5 Å². The molecule has 1 aliphatic heterocycles. The summed E-state index contributed by atoms with van der Waals surface area (Å²) < 4.78 is 17.0. The van der Waals surface area contributed by atoms with Crippen molar-refractivity contribution in [3.8, 4) is 11.5 Å². The second kappa shape index (κ2) is 8.22. The highest BCUT2D eigenvalue weighted by Gasteiger charge is 2.38. The number of carbonyl (C=O) groups excluding carboxylic acids is 2. The third kappa shape index (κ3) is 4.02. The molecule has 168 valence electrons. The molecule has 2 aromatic carbocycles. The number of methoxy groups -OCH3 is 1. The minimum Gasteiger partial charge on any atom is -0.493 e. The number of carbonyl (C=O) groups is 2. The number of ether oxygens (including phenoxy) is 2. The Morgan fingerprint density at radius 2 is 2.00 bits per heavy atom. The molecule has 0 spiro atoms. The molecule has 1 aromatic heterocycles. The number of rotatable bonds is 5. The standard InChI is InChI=1S/C25H28N2O5/c1-15(2)13-27-18-10-9-17(12-20(18)31-14-25(3,4)24(27)29)26-23(28)21-11-16-7-6-8-19(30-5)22(16)32-21/h6-12,15H,13-14H2,1-5H3,(H,26,28). The van der Waals surface area contributed by atoms with Gasteiger partial charge in [0, 0.05) is 23.7 Å². The number of benzene rings is 2. The molecule has 32 heavy (non-hydrogen) atoms. The molecule has 0 saturated heterocycles. The lowest BCUT2D eigenvalue weighted by atomic mass is 9.92. The Bertz CT molecular complexity index is 1180. The summed E-state index contributed by atoms with van der Waals surface area (Å²) in [6.07, 6.45) is 0. The lowest BCUT2D eigenvalue weighted by Gasteiger charge is -2.29. The van der Waals surface area contributed by atoms with Crippen molar-refractivity contribution in [3.63, 3.8) is 0 Å². The maximum absolute atomic E-state index is 13.1. The number of furan rings is 1. The molecule has 4 rings (SSSR count). The van der Waals surface area contributed by atoms with Gasteiger partial charge in [-0.25, -0.2) is 0 Å². The first-order valence-corrected chi connectivity index (χ1v) is 10.7. The fourth-order valence-corrected chi connectivity index (χ4v) is 3.77. The Morgan fingerprint density at radius 3 is 2.72 bits per heavy atom. The number of anilines is 2. The molecule has 0 unspecified atom stereocenters. The van der Waals surface area contributed by atoms with Crippen LogP contribution in [0, 0.1) is 11.3 Å². The van der Waals surface area contributed by atoms with Crippen molar-refractivity contribution < 1.29 is 23.5 Å². The van der Waals surface area contributed by atoms with Crippen molar-refractivity contribution in [2.45, 2.75) is 27.7 Å². The van der Waals surface area contributed by atoms with Gasteiger partial charge in [0.15, 0.2) is 17.1 Å². The average Bonchev–Trinajstić information content (AvgIpc) is 3.17. The number of para-hydroxylation sites is 1. The van der Waals surface area contributed by atoms with Crippen LogP contribution in [0.25, 0.3) is 11.0 Å². The molecule has 0 bridgehead atoms. The van der Waals surface area contributed by atoms with E-state index in [4.69, 9.17) is 13.9 Å². The van der Waals surface area contributed by atoms with Crippen molar-refractivity contribution in [1.29, 1.82) is 0 Å². The third-order valence-corrected chi connectivity index (χ3v) is 5.42. The minimum absolute atomic E-state index is 0.0259. The lowest BCUT2D eigenvalue weighted by molar-refractivity contribution is -0.127. The Hall–Kier alpha value is -3.48. The quantitative estimate of drug-likeness (QED) is 0.602. The van der Waals surface area contributed by atoms with Gasteiger partial charge in [-0.3, -0.25) is 9.59 Å². The molecule has 0 radical (unpaired) electrons. The summed E-state index contributed by atoms with van der Waals surface area (Å²) in [5, 5.41) is 3.64. The van der Waals surface area contributed by atoms with Gasteiger partial charge >= 0.3 is 0 Å². The zero-order valence-electron chi connectivity index (χ0n) is 19.0. The van der Waals surface area contributed by atoms with Crippen molar-refractivity contribution in [3.05, 3.63) is 48.2 Å². The number of hydrogen-bond donors (Lipinski definition) is 1. The summed E-state index contributed by atoms with van der Waals surface area (Å²) in [6.45, 7) is 8.75. The summed E-state index contributed by atoms with van der Waals surface area (Å²) in [4.78, 5) is 27.7. The van der Waals surface area contributed by atoms with Crippen LogP contribution in [0.2, 0.25) is 0 Å². The SMILES string of the molecule is COc1cccc2cc(C(=O)Nc3ccc4c(c3)OCC(C)(C)C(=O)N4CC(C)C)oc12. The van der Waals surface area contributed by atoms with Crippen molar-refractivity contribution >= 4 is 34.2 Å². The van der Waals surface area contributed by atoms with Gasteiger partial charge in [-0.1, -0.05) is 26.0 Å². The number of fused-ring (bicyclic) bond motifs is 2. The van der Waals surface area contributed by atoms with Gasteiger partial charge < -0.3 is 24.1 Å². The largest absolute Gasteiger partial charge is 0.493 e. The molecule has 0 fully saturated rings. The van der Waals surface area contributed by atoms with E-state index in [-0.39, 0.29) is 24.2 Å². The highest BCUT2D eigenvalue weighted by molar-refractivity contribution is 6.06. The molecule has 7 nitrogen and oxygen atoms in total. The second-order valence-electron chi connectivity index (χ2n) is 9.11. The molecule has 2 heterocycles. The molecule has 1 N–H and O–H groups in total. The van der Waals surface area contributed by atoms with Crippen molar-refractivity contribution in [2.24, 2.45) is 11.3 Å². The molecular formula is C25H28N2O5. The zero-order valence-corrected chi connectivity index (χ0v) is 19.0. The van der Waals surface area contributed by atoms with Crippen LogP contribution in [-0.2, 0) is 4.79 Å². The Kier molecular flexibility index (Phi) is 5.59. The van der Waals surface area contributed by atoms with E-state index in [0.717, 1.165) is 5.39 Å². The highest BCUT2D eigenvalue weighted by Crippen LogP contribution is 2.39. The molecule has 3 aromatic rings. The summed E-state index contributed by atoms with van der Waals surface area (Å²) in [5.74, 6) is 1.25. The average molecular weight is 437 g/mol. The fourth-order valence-electron chi connectivity index (χ4n) is 3.77. The number of nitrogens with zero attached hydrogens (tertiary/aromatic N) is 1. The fraction of sp³-hybridized carbons (Fsp3) is 0.360. The van der Waals surface area contributed by atoms with Gasteiger partial charge in [0.2, 0.25) is 5.91 Å². The van der Waals surface area contributed by atoms with Gasteiger partial charge in [0.25, 0.3) is 5.91 Å². The maximum atomic E-state index is 13.1. The molecular weight excluding hydrogens is 408 g/mol. The van der Waals surface area contributed by atoms with Crippen LogP contribution in [0.4, 0.5) is 11.4 Å². The van der Waals surface area contributed by atoms with Crippen LogP contribution in [0.3, 0.4) is 0 Å². The molecule has 7 heteroatoms. The first kappa shape index (κ1) is 21.7. The zero-order chi connectivity index (χ0) is 23.0. The number of hydrogen-bond acceptors (Lipinski definition) is 5. The van der Waals surface area contributed by atoms with E-state index in [9.17, 15) is 9.59 Å². The summed E-state index contributed by atoms with van der Waals surface area (Å²) >= 11 is 0. The van der Waals surface area contributed by atoms with Crippen LogP contribution in [0.1, 0.15) is 38.2 Å². The predicted octanol–water partition coefficient (Wildman–Crippen LogP) is 5.10. The monoisotopic (exact) mass is 436 g/mol. The summed E-state index contributed by atoms with van der Waals surface area (Å²) in [6, 6.07) is 12.5. The summed E-state index contributed by atoms with van der Waals surface area (Å²) in [5.41, 5.74) is 1.14. The molecule has 0 saturated carbocycles. The number of nitrogens with one attached hydrogen (secondary N) is 1. The second-order valence-corrected chi connectivity index (χ2v) is 9.11. The van der Waals surface area contributed by atoms with E-state index >= 15 is 0 Å². The van der Waals surface area contributed by atoms with Gasteiger partial charge in [-0.05, 0) is 44.0 Å². The van der Waals surface area contributed by atoms with E-state index in [0.29, 0.717) is 40.9 Å². The van der Waals surface area contributed by atoms with Crippen molar-refractivity contribution in [2.75, 3.05) is 30.5 Å². The third-order valence-electron chi connectivity index (χ3n) is 5.42. The van der Waals surface area contributed by atoms with Crippen LogP contribution in [-0.4, -0.2) is 32.1 Å². The molecule has 1 aliphatic rings. The smallest absolute Gasteiger partial charge is 0.291 e. The van der Waals surface area contributed by atoms with Gasteiger partial charge in [0.1, 0.15) is 12.4 Å². The first-order valence-electron chi connectivity index (χ1n) is 10.7. The topological polar surface area (TPSA) is 81.0 Å².